The van der Waals surface area contributed by atoms with Gasteiger partial charge in [0.1, 0.15) is 0 Å². The summed E-state index contributed by atoms with van der Waals surface area (Å²) >= 11 is 0. The third kappa shape index (κ3) is 4.83. The summed E-state index contributed by atoms with van der Waals surface area (Å²) in [5.74, 6) is -1.05. The van der Waals surface area contributed by atoms with E-state index in [1.165, 1.54) is 23.1 Å². The average molecular weight is 400 g/mol. The molecule has 156 valence electrons. The Morgan fingerprint density at radius 1 is 1.10 bits per heavy atom. The molecule has 29 heavy (non-hydrogen) atoms. The molecule has 1 aromatic carbocycles. The van der Waals surface area contributed by atoms with Crippen LogP contribution in [0.15, 0.2) is 18.2 Å². The Hall–Kier alpha value is -2.70. The number of ether oxygens (including phenoxy) is 1. The minimum absolute atomic E-state index is 0.134. The van der Waals surface area contributed by atoms with E-state index in [0.29, 0.717) is 18.0 Å². The third-order valence-corrected chi connectivity index (χ3v) is 5.66. The molecule has 0 unspecified atom stereocenters. The molecule has 7 heteroatoms. The SMILES string of the molecule is CCCCN1C(=O)c2ccc(C(=O)OCC(=O)NC3CCC(C)CC3)cc2C1=O. The molecular weight excluding hydrogens is 372 g/mol. The second-order valence-electron chi connectivity index (χ2n) is 7.98. The van der Waals surface area contributed by atoms with E-state index >= 15 is 0 Å². The summed E-state index contributed by atoms with van der Waals surface area (Å²) in [6.45, 7) is 4.19. The first-order valence-corrected chi connectivity index (χ1v) is 10.4. The minimum atomic E-state index is -0.688. The van der Waals surface area contributed by atoms with Gasteiger partial charge in [-0.3, -0.25) is 19.3 Å². The first-order valence-electron chi connectivity index (χ1n) is 10.4. The van der Waals surface area contributed by atoms with E-state index in [4.69, 9.17) is 4.74 Å². The Kier molecular flexibility index (Phi) is 6.67. The lowest BCUT2D eigenvalue weighted by atomic mass is 9.87. The molecule has 1 fully saturated rings. The first kappa shape index (κ1) is 21.0. The van der Waals surface area contributed by atoms with Gasteiger partial charge in [0.2, 0.25) is 0 Å². The smallest absolute Gasteiger partial charge is 0.338 e. The van der Waals surface area contributed by atoms with Gasteiger partial charge in [-0.05, 0) is 56.2 Å². The van der Waals surface area contributed by atoms with Crippen molar-refractivity contribution in [3.63, 3.8) is 0 Å². The second kappa shape index (κ2) is 9.20. The van der Waals surface area contributed by atoms with E-state index in [0.717, 1.165) is 38.5 Å². The van der Waals surface area contributed by atoms with Crippen LogP contribution in [0.1, 0.15) is 83.4 Å². The predicted molar refractivity (Wildman–Crippen MR) is 107 cm³/mol. The number of esters is 1. The minimum Gasteiger partial charge on any atom is -0.452 e. The molecule has 7 nitrogen and oxygen atoms in total. The Bertz CT molecular complexity index is 811. The summed E-state index contributed by atoms with van der Waals surface area (Å²) in [5.41, 5.74) is 0.662. The molecule has 3 rings (SSSR count). The molecule has 1 aromatic rings. The van der Waals surface area contributed by atoms with Crippen molar-refractivity contribution in [3.05, 3.63) is 34.9 Å². The highest BCUT2D eigenvalue weighted by Crippen LogP contribution is 2.25. The van der Waals surface area contributed by atoms with Gasteiger partial charge in [0.05, 0.1) is 16.7 Å². The van der Waals surface area contributed by atoms with E-state index < -0.39 is 11.9 Å². The van der Waals surface area contributed by atoms with E-state index in [2.05, 4.69) is 12.2 Å². The number of carbonyl (C=O) groups excluding carboxylic acids is 4. The van der Waals surface area contributed by atoms with Gasteiger partial charge in [0.15, 0.2) is 6.61 Å². The van der Waals surface area contributed by atoms with Gasteiger partial charge in [0.25, 0.3) is 17.7 Å². The molecule has 0 radical (unpaired) electrons. The largest absolute Gasteiger partial charge is 0.452 e. The fourth-order valence-corrected chi connectivity index (χ4v) is 3.83. The highest BCUT2D eigenvalue weighted by Gasteiger charge is 2.35. The molecule has 2 aliphatic rings. The number of carbonyl (C=O) groups is 4. The number of benzene rings is 1. The Balaban J connectivity index is 1.56. The van der Waals surface area contributed by atoms with Gasteiger partial charge in [0, 0.05) is 12.6 Å². The summed E-state index contributed by atoms with van der Waals surface area (Å²) < 4.78 is 5.11. The summed E-state index contributed by atoms with van der Waals surface area (Å²) in [6.07, 6.45) is 5.65. The number of nitrogens with zero attached hydrogens (tertiary/aromatic N) is 1. The molecule has 0 atom stereocenters. The lowest BCUT2D eigenvalue weighted by Crippen LogP contribution is -2.39. The van der Waals surface area contributed by atoms with Crippen molar-refractivity contribution in [2.75, 3.05) is 13.2 Å². The molecule has 1 aliphatic heterocycles. The van der Waals surface area contributed by atoms with E-state index in [9.17, 15) is 19.2 Å². The summed E-state index contributed by atoms with van der Waals surface area (Å²) in [5, 5.41) is 2.90. The summed E-state index contributed by atoms with van der Waals surface area (Å²) in [7, 11) is 0. The number of fused-ring (bicyclic) bond motifs is 1. The zero-order valence-corrected chi connectivity index (χ0v) is 17.0. The van der Waals surface area contributed by atoms with Crippen LogP contribution in [0.2, 0.25) is 0 Å². The molecule has 3 amide bonds. The highest BCUT2D eigenvalue weighted by atomic mass is 16.5. The van der Waals surface area contributed by atoms with E-state index in [1.807, 2.05) is 6.92 Å². The number of rotatable bonds is 7. The van der Waals surface area contributed by atoms with Gasteiger partial charge in [-0.2, -0.15) is 0 Å². The van der Waals surface area contributed by atoms with Crippen molar-refractivity contribution in [1.82, 2.24) is 10.2 Å². The molecule has 1 heterocycles. The fourth-order valence-electron chi connectivity index (χ4n) is 3.83. The van der Waals surface area contributed by atoms with E-state index in [-0.39, 0.29) is 35.6 Å². The number of nitrogens with one attached hydrogen (secondary N) is 1. The Morgan fingerprint density at radius 2 is 1.79 bits per heavy atom. The molecule has 1 N–H and O–H groups in total. The Morgan fingerprint density at radius 3 is 2.48 bits per heavy atom. The zero-order valence-electron chi connectivity index (χ0n) is 17.0. The standard InChI is InChI=1S/C22H28N2O5/c1-3-4-11-24-20(26)17-10-7-15(12-18(17)21(24)27)22(28)29-13-19(25)23-16-8-5-14(2)6-9-16/h7,10,12,14,16H,3-6,8-9,11,13H2,1-2H3,(H,23,25). The van der Waals surface area contributed by atoms with Crippen molar-refractivity contribution >= 4 is 23.7 Å². The fraction of sp³-hybridized carbons (Fsp3) is 0.545. The number of hydrogen-bond acceptors (Lipinski definition) is 5. The van der Waals surface area contributed by atoms with Crippen molar-refractivity contribution in [3.8, 4) is 0 Å². The van der Waals surface area contributed by atoms with Crippen LogP contribution < -0.4 is 5.32 Å². The lowest BCUT2D eigenvalue weighted by Gasteiger charge is -2.26. The number of unbranched alkanes of at least 4 members (excludes halogenated alkanes) is 1. The maximum absolute atomic E-state index is 12.5. The van der Waals surface area contributed by atoms with Crippen LogP contribution in [0.3, 0.4) is 0 Å². The van der Waals surface area contributed by atoms with Crippen LogP contribution in [0.4, 0.5) is 0 Å². The predicted octanol–water partition coefficient (Wildman–Crippen LogP) is 2.93. The monoisotopic (exact) mass is 400 g/mol. The van der Waals surface area contributed by atoms with Crippen molar-refractivity contribution in [2.24, 2.45) is 5.92 Å². The number of hydrogen-bond donors (Lipinski definition) is 1. The van der Waals surface area contributed by atoms with Crippen LogP contribution in [-0.2, 0) is 9.53 Å². The van der Waals surface area contributed by atoms with Crippen LogP contribution >= 0.6 is 0 Å². The normalized spacial score (nSPS) is 21.1. The average Bonchev–Trinajstić information content (AvgIpc) is 2.96. The first-order chi connectivity index (χ1) is 13.9. The molecule has 0 aromatic heterocycles. The van der Waals surface area contributed by atoms with Gasteiger partial charge in [-0.15, -0.1) is 0 Å². The molecule has 1 saturated carbocycles. The molecule has 0 saturated heterocycles. The van der Waals surface area contributed by atoms with Gasteiger partial charge in [-0.1, -0.05) is 20.3 Å². The maximum atomic E-state index is 12.5. The molecule has 0 spiro atoms. The lowest BCUT2D eigenvalue weighted by molar-refractivity contribution is -0.125. The van der Waals surface area contributed by atoms with Crippen LogP contribution in [0.5, 0.6) is 0 Å². The van der Waals surface area contributed by atoms with Crippen LogP contribution in [-0.4, -0.2) is 47.8 Å². The Labute approximate surface area is 170 Å². The number of amides is 3. The quantitative estimate of drug-likeness (QED) is 0.561. The third-order valence-electron chi connectivity index (χ3n) is 5.66. The van der Waals surface area contributed by atoms with Gasteiger partial charge >= 0.3 is 5.97 Å². The van der Waals surface area contributed by atoms with Gasteiger partial charge in [-0.25, -0.2) is 4.79 Å². The zero-order chi connectivity index (χ0) is 21.0. The summed E-state index contributed by atoms with van der Waals surface area (Å²) in [4.78, 5) is 50.4. The van der Waals surface area contributed by atoms with Crippen LogP contribution in [0.25, 0.3) is 0 Å². The topological polar surface area (TPSA) is 92.8 Å². The highest BCUT2D eigenvalue weighted by molar-refractivity contribution is 6.21. The maximum Gasteiger partial charge on any atom is 0.338 e. The van der Waals surface area contributed by atoms with Gasteiger partial charge < -0.3 is 10.1 Å². The molecule has 1 aliphatic carbocycles. The van der Waals surface area contributed by atoms with E-state index in [1.54, 1.807) is 0 Å². The van der Waals surface area contributed by atoms with Crippen molar-refractivity contribution in [1.29, 1.82) is 0 Å². The molecule has 0 bridgehead atoms. The second-order valence-corrected chi connectivity index (χ2v) is 7.98. The molecular formula is C22H28N2O5. The van der Waals surface area contributed by atoms with Crippen molar-refractivity contribution < 1.29 is 23.9 Å². The van der Waals surface area contributed by atoms with Crippen molar-refractivity contribution in [2.45, 2.75) is 58.4 Å². The number of imide groups is 1. The summed E-state index contributed by atoms with van der Waals surface area (Å²) in [6, 6.07) is 4.44. The van der Waals surface area contributed by atoms with Crippen LogP contribution in [0, 0.1) is 5.92 Å².